The van der Waals surface area contributed by atoms with Crippen LogP contribution in [-0.4, -0.2) is 17.7 Å². The Bertz CT molecular complexity index is 617. The Morgan fingerprint density at radius 1 is 1.15 bits per heavy atom. The van der Waals surface area contributed by atoms with E-state index in [0.717, 1.165) is 28.9 Å². The molecule has 0 bridgehead atoms. The van der Waals surface area contributed by atoms with Gasteiger partial charge in [0, 0.05) is 5.56 Å². The Kier molecular flexibility index (Phi) is 4.41. The first-order valence-corrected chi connectivity index (χ1v) is 6.69. The maximum absolute atomic E-state index is 11.0. The van der Waals surface area contributed by atoms with Gasteiger partial charge in [0.1, 0.15) is 5.75 Å². The second kappa shape index (κ2) is 6.24. The van der Waals surface area contributed by atoms with Gasteiger partial charge in [0.05, 0.1) is 12.2 Å². The summed E-state index contributed by atoms with van der Waals surface area (Å²) < 4.78 is 5.76. The van der Waals surface area contributed by atoms with Crippen molar-refractivity contribution in [1.82, 2.24) is 0 Å². The lowest BCUT2D eigenvalue weighted by atomic mass is 9.97. The molecule has 0 saturated heterocycles. The topological polar surface area (TPSA) is 46.5 Å². The van der Waals surface area contributed by atoms with Crippen molar-refractivity contribution in [2.24, 2.45) is 0 Å². The Labute approximate surface area is 118 Å². The Morgan fingerprint density at radius 3 is 2.55 bits per heavy atom. The molecule has 0 atom stereocenters. The van der Waals surface area contributed by atoms with Gasteiger partial charge in [-0.3, -0.25) is 0 Å². The van der Waals surface area contributed by atoms with Gasteiger partial charge in [0.2, 0.25) is 0 Å². The highest BCUT2D eigenvalue weighted by molar-refractivity contribution is 5.89. The average Bonchev–Trinajstić information content (AvgIpc) is 2.45. The number of para-hydroxylation sites is 1. The molecule has 0 heterocycles. The molecule has 0 aliphatic rings. The normalized spacial score (nSPS) is 10.3. The van der Waals surface area contributed by atoms with E-state index in [1.165, 1.54) is 0 Å². The van der Waals surface area contributed by atoms with E-state index in [1.807, 2.05) is 37.3 Å². The van der Waals surface area contributed by atoms with E-state index in [2.05, 4.69) is 6.92 Å². The summed E-state index contributed by atoms with van der Waals surface area (Å²) in [6.07, 6.45) is 0.950. The molecule has 0 aliphatic heterocycles. The predicted molar refractivity (Wildman–Crippen MR) is 79.4 cm³/mol. The number of carboxylic acid groups (broad SMARTS) is 1. The van der Waals surface area contributed by atoms with Crippen molar-refractivity contribution in [3.63, 3.8) is 0 Å². The molecule has 1 N–H and O–H groups in total. The molecule has 2 aromatic carbocycles. The van der Waals surface area contributed by atoms with Gasteiger partial charge in [-0.15, -0.1) is 0 Å². The molecule has 0 aliphatic carbocycles. The zero-order valence-electron chi connectivity index (χ0n) is 11.7. The number of hydrogen-bond acceptors (Lipinski definition) is 2. The highest BCUT2D eigenvalue weighted by atomic mass is 16.5. The summed E-state index contributed by atoms with van der Waals surface area (Å²) in [6.45, 7) is 4.65. The van der Waals surface area contributed by atoms with Gasteiger partial charge in [-0.05, 0) is 42.7 Å². The quantitative estimate of drug-likeness (QED) is 0.887. The number of aryl methyl sites for hydroxylation is 1. The zero-order chi connectivity index (χ0) is 14.5. The van der Waals surface area contributed by atoms with Crippen molar-refractivity contribution >= 4 is 5.97 Å². The lowest BCUT2D eigenvalue weighted by molar-refractivity contribution is 0.0697. The van der Waals surface area contributed by atoms with Crippen LogP contribution in [0, 0.1) is 6.92 Å². The fraction of sp³-hybridized carbons (Fsp3) is 0.235. The number of ether oxygens (including phenoxy) is 1. The van der Waals surface area contributed by atoms with Crippen LogP contribution in [0.2, 0.25) is 0 Å². The first kappa shape index (κ1) is 14.1. The van der Waals surface area contributed by atoms with E-state index in [9.17, 15) is 4.79 Å². The summed E-state index contributed by atoms with van der Waals surface area (Å²) >= 11 is 0. The maximum Gasteiger partial charge on any atom is 0.335 e. The lowest BCUT2D eigenvalue weighted by Gasteiger charge is -2.13. The molecular weight excluding hydrogens is 252 g/mol. The van der Waals surface area contributed by atoms with E-state index >= 15 is 0 Å². The highest BCUT2D eigenvalue weighted by Crippen LogP contribution is 2.32. The molecular formula is C17H18O3. The minimum atomic E-state index is -0.907. The van der Waals surface area contributed by atoms with Crippen LogP contribution in [0.4, 0.5) is 0 Å². The van der Waals surface area contributed by atoms with E-state index in [0.29, 0.717) is 12.2 Å². The van der Waals surface area contributed by atoms with Crippen LogP contribution in [0.1, 0.15) is 29.3 Å². The number of carbonyl (C=O) groups is 1. The monoisotopic (exact) mass is 270 g/mol. The third-order valence-corrected chi connectivity index (χ3v) is 3.11. The van der Waals surface area contributed by atoms with Crippen LogP contribution in [-0.2, 0) is 0 Å². The van der Waals surface area contributed by atoms with Crippen LogP contribution >= 0.6 is 0 Å². The van der Waals surface area contributed by atoms with Crippen molar-refractivity contribution in [1.29, 1.82) is 0 Å². The molecule has 0 saturated carbocycles. The fourth-order valence-corrected chi connectivity index (χ4v) is 2.13. The SMILES string of the molecule is CCCOc1ccccc1-c1ccc(C(=O)O)cc1C. The molecule has 0 unspecified atom stereocenters. The minimum Gasteiger partial charge on any atom is -0.493 e. The molecule has 20 heavy (non-hydrogen) atoms. The minimum absolute atomic E-state index is 0.304. The van der Waals surface area contributed by atoms with Crippen molar-refractivity contribution < 1.29 is 14.6 Å². The molecule has 104 valence electrons. The van der Waals surface area contributed by atoms with Crippen LogP contribution < -0.4 is 4.74 Å². The van der Waals surface area contributed by atoms with Crippen molar-refractivity contribution in [3.8, 4) is 16.9 Å². The first-order valence-electron chi connectivity index (χ1n) is 6.69. The molecule has 3 nitrogen and oxygen atoms in total. The van der Waals surface area contributed by atoms with Gasteiger partial charge < -0.3 is 9.84 Å². The molecule has 0 aromatic heterocycles. The third-order valence-electron chi connectivity index (χ3n) is 3.11. The van der Waals surface area contributed by atoms with Crippen LogP contribution in [0.3, 0.4) is 0 Å². The number of aromatic carboxylic acids is 1. The summed E-state index contributed by atoms with van der Waals surface area (Å²) in [4.78, 5) is 11.0. The molecule has 2 rings (SSSR count). The van der Waals surface area contributed by atoms with Gasteiger partial charge in [-0.1, -0.05) is 31.2 Å². The summed E-state index contributed by atoms with van der Waals surface area (Å²) in [6, 6.07) is 13.0. The summed E-state index contributed by atoms with van der Waals surface area (Å²) in [5, 5.41) is 9.02. The van der Waals surface area contributed by atoms with Gasteiger partial charge in [-0.2, -0.15) is 0 Å². The van der Waals surface area contributed by atoms with Crippen molar-refractivity contribution in [2.75, 3.05) is 6.61 Å². The van der Waals surface area contributed by atoms with Crippen LogP contribution in [0.5, 0.6) is 5.75 Å². The predicted octanol–water partition coefficient (Wildman–Crippen LogP) is 4.15. The van der Waals surface area contributed by atoms with E-state index in [1.54, 1.807) is 12.1 Å². The van der Waals surface area contributed by atoms with Crippen molar-refractivity contribution in [2.45, 2.75) is 20.3 Å². The summed E-state index contributed by atoms with van der Waals surface area (Å²) in [5.74, 6) is -0.0734. The molecule has 0 radical (unpaired) electrons. The van der Waals surface area contributed by atoms with Gasteiger partial charge in [0.25, 0.3) is 0 Å². The Morgan fingerprint density at radius 2 is 1.90 bits per heavy atom. The second-order valence-corrected chi connectivity index (χ2v) is 4.68. The molecule has 0 fully saturated rings. The second-order valence-electron chi connectivity index (χ2n) is 4.68. The summed E-state index contributed by atoms with van der Waals surface area (Å²) in [7, 11) is 0. The first-order chi connectivity index (χ1) is 9.63. The van der Waals surface area contributed by atoms with E-state index in [-0.39, 0.29) is 0 Å². The van der Waals surface area contributed by atoms with Crippen molar-refractivity contribution in [3.05, 3.63) is 53.6 Å². The molecule has 0 amide bonds. The van der Waals surface area contributed by atoms with Gasteiger partial charge in [-0.25, -0.2) is 4.79 Å². The standard InChI is InChI=1S/C17H18O3/c1-3-10-20-16-7-5-4-6-15(16)14-9-8-13(17(18)19)11-12(14)2/h4-9,11H,3,10H2,1-2H3,(H,18,19). The van der Waals surface area contributed by atoms with Crippen LogP contribution in [0.25, 0.3) is 11.1 Å². The number of carboxylic acids is 1. The molecule has 3 heteroatoms. The fourth-order valence-electron chi connectivity index (χ4n) is 2.13. The zero-order valence-corrected chi connectivity index (χ0v) is 11.7. The number of rotatable bonds is 5. The lowest BCUT2D eigenvalue weighted by Crippen LogP contribution is -1.99. The number of hydrogen-bond donors (Lipinski definition) is 1. The van der Waals surface area contributed by atoms with E-state index in [4.69, 9.17) is 9.84 Å². The average molecular weight is 270 g/mol. The Hall–Kier alpha value is -2.29. The Balaban J connectivity index is 2.43. The van der Waals surface area contributed by atoms with Gasteiger partial charge in [0.15, 0.2) is 0 Å². The van der Waals surface area contributed by atoms with Gasteiger partial charge >= 0.3 is 5.97 Å². The molecule has 0 spiro atoms. The summed E-state index contributed by atoms with van der Waals surface area (Å²) in [5.41, 5.74) is 3.23. The smallest absolute Gasteiger partial charge is 0.335 e. The molecule has 2 aromatic rings. The van der Waals surface area contributed by atoms with Crippen LogP contribution in [0.15, 0.2) is 42.5 Å². The number of benzene rings is 2. The highest BCUT2D eigenvalue weighted by Gasteiger charge is 2.10. The van der Waals surface area contributed by atoms with E-state index < -0.39 is 5.97 Å². The largest absolute Gasteiger partial charge is 0.493 e. The maximum atomic E-state index is 11.0. The third kappa shape index (κ3) is 2.99.